The van der Waals surface area contributed by atoms with Crippen molar-refractivity contribution in [1.82, 2.24) is 4.90 Å². The van der Waals surface area contributed by atoms with Crippen molar-refractivity contribution in [3.05, 3.63) is 0 Å². The SMILES string of the molecule is CC.CCN(C)C1CCC(C)CC1. The molecule has 1 aliphatic carbocycles. The Balaban J connectivity index is 0.000000671. The smallest absolute Gasteiger partial charge is 0.00922 e. The third-order valence-corrected chi connectivity index (χ3v) is 3.11. The van der Waals surface area contributed by atoms with E-state index in [2.05, 4.69) is 25.8 Å². The van der Waals surface area contributed by atoms with Gasteiger partial charge in [0.25, 0.3) is 0 Å². The summed E-state index contributed by atoms with van der Waals surface area (Å²) in [5.74, 6) is 0.983. The maximum absolute atomic E-state index is 2.49. The summed E-state index contributed by atoms with van der Waals surface area (Å²) in [4.78, 5) is 2.49. The first-order valence-electron chi connectivity index (χ1n) is 5.94. The lowest BCUT2D eigenvalue weighted by atomic mass is 9.87. The summed E-state index contributed by atoms with van der Waals surface area (Å²) < 4.78 is 0. The standard InChI is InChI=1S/C10H21N.C2H6/c1-4-11(3)10-7-5-9(2)6-8-10;1-2/h9-10H,4-8H2,1-3H3;1-2H3. The van der Waals surface area contributed by atoms with Crippen LogP contribution in [-0.4, -0.2) is 24.5 Å². The summed E-state index contributed by atoms with van der Waals surface area (Å²) in [6.45, 7) is 9.83. The van der Waals surface area contributed by atoms with Gasteiger partial charge in [0.15, 0.2) is 0 Å². The first-order chi connectivity index (χ1) is 6.24. The largest absolute Gasteiger partial charge is 0.304 e. The van der Waals surface area contributed by atoms with Crippen LogP contribution in [0, 0.1) is 5.92 Å². The van der Waals surface area contributed by atoms with Crippen LogP contribution in [0.4, 0.5) is 0 Å². The van der Waals surface area contributed by atoms with Gasteiger partial charge in [0.1, 0.15) is 0 Å². The zero-order chi connectivity index (χ0) is 10.3. The third kappa shape index (κ3) is 4.66. The maximum Gasteiger partial charge on any atom is 0.00922 e. The van der Waals surface area contributed by atoms with E-state index in [1.807, 2.05) is 13.8 Å². The molecular weight excluding hydrogens is 158 g/mol. The minimum absolute atomic E-state index is 0.885. The van der Waals surface area contributed by atoms with Gasteiger partial charge < -0.3 is 4.90 Å². The predicted octanol–water partition coefficient (Wildman–Crippen LogP) is 3.54. The summed E-state index contributed by atoms with van der Waals surface area (Å²) in [7, 11) is 2.25. The molecule has 0 radical (unpaired) electrons. The lowest BCUT2D eigenvalue weighted by molar-refractivity contribution is 0.177. The van der Waals surface area contributed by atoms with Gasteiger partial charge in [-0.3, -0.25) is 0 Å². The molecule has 1 nitrogen and oxygen atoms in total. The van der Waals surface area contributed by atoms with E-state index in [-0.39, 0.29) is 0 Å². The monoisotopic (exact) mass is 185 g/mol. The van der Waals surface area contributed by atoms with Crippen molar-refractivity contribution in [2.24, 2.45) is 5.92 Å². The fourth-order valence-corrected chi connectivity index (χ4v) is 1.94. The van der Waals surface area contributed by atoms with Gasteiger partial charge in [-0.15, -0.1) is 0 Å². The Hall–Kier alpha value is -0.0400. The normalized spacial score (nSPS) is 28.2. The Morgan fingerprint density at radius 2 is 1.54 bits per heavy atom. The summed E-state index contributed by atoms with van der Waals surface area (Å²) in [5, 5.41) is 0. The van der Waals surface area contributed by atoms with Gasteiger partial charge in [-0.25, -0.2) is 0 Å². The summed E-state index contributed by atoms with van der Waals surface area (Å²) in [5.41, 5.74) is 0. The van der Waals surface area contributed by atoms with Crippen LogP contribution in [0.3, 0.4) is 0 Å². The minimum atomic E-state index is 0.885. The van der Waals surface area contributed by atoms with Crippen molar-refractivity contribution in [2.45, 2.75) is 59.4 Å². The molecule has 0 saturated heterocycles. The molecule has 0 aromatic heterocycles. The molecule has 1 saturated carbocycles. The molecule has 0 aromatic rings. The van der Waals surface area contributed by atoms with Crippen molar-refractivity contribution in [2.75, 3.05) is 13.6 Å². The molecule has 0 aromatic carbocycles. The number of hydrogen-bond donors (Lipinski definition) is 0. The molecule has 0 amide bonds. The lowest BCUT2D eigenvalue weighted by Crippen LogP contribution is -2.34. The first kappa shape index (κ1) is 13.0. The molecule has 1 fully saturated rings. The van der Waals surface area contributed by atoms with Crippen molar-refractivity contribution < 1.29 is 0 Å². The molecule has 1 heteroatoms. The van der Waals surface area contributed by atoms with Crippen LogP contribution >= 0.6 is 0 Å². The van der Waals surface area contributed by atoms with E-state index in [0.717, 1.165) is 12.0 Å². The zero-order valence-corrected chi connectivity index (χ0v) is 10.1. The molecule has 0 atom stereocenters. The van der Waals surface area contributed by atoms with E-state index in [4.69, 9.17) is 0 Å². The number of nitrogens with zero attached hydrogens (tertiary/aromatic N) is 1. The molecule has 80 valence electrons. The minimum Gasteiger partial charge on any atom is -0.304 e. The molecule has 0 bridgehead atoms. The Morgan fingerprint density at radius 3 is 1.92 bits per heavy atom. The van der Waals surface area contributed by atoms with E-state index in [0.29, 0.717) is 0 Å². The van der Waals surface area contributed by atoms with Gasteiger partial charge in [0.05, 0.1) is 0 Å². The van der Waals surface area contributed by atoms with Crippen molar-refractivity contribution in [3.63, 3.8) is 0 Å². The van der Waals surface area contributed by atoms with Crippen molar-refractivity contribution >= 4 is 0 Å². The summed E-state index contributed by atoms with van der Waals surface area (Å²) >= 11 is 0. The van der Waals surface area contributed by atoms with E-state index >= 15 is 0 Å². The highest BCUT2D eigenvalue weighted by molar-refractivity contribution is 4.75. The quantitative estimate of drug-likeness (QED) is 0.636. The van der Waals surface area contributed by atoms with Gasteiger partial charge in [-0.2, -0.15) is 0 Å². The van der Waals surface area contributed by atoms with Crippen molar-refractivity contribution in [3.8, 4) is 0 Å². The van der Waals surface area contributed by atoms with Crippen LogP contribution in [0.25, 0.3) is 0 Å². The van der Waals surface area contributed by atoms with Crippen LogP contribution in [0.2, 0.25) is 0 Å². The Kier molecular flexibility index (Phi) is 7.35. The van der Waals surface area contributed by atoms with Crippen LogP contribution in [0.5, 0.6) is 0 Å². The Labute approximate surface area is 84.5 Å². The predicted molar refractivity (Wildman–Crippen MR) is 61.1 cm³/mol. The van der Waals surface area contributed by atoms with E-state index in [1.54, 1.807) is 0 Å². The highest BCUT2D eigenvalue weighted by atomic mass is 15.1. The van der Waals surface area contributed by atoms with Gasteiger partial charge in [-0.1, -0.05) is 27.7 Å². The maximum atomic E-state index is 2.49. The second kappa shape index (κ2) is 7.37. The zero-order valence-electron chi connectivity index (χ0n) is 10.1. The van der Waals surface area contributed by atoms with Crippen LogP contribution in [-0.2, 0) is 0 Å². The molecule has 0 aliphatic heterocycles. The molecule has 0 N–H and O–H groups in total. The molecule has 13 heavy (non-hydrogen) atoms. The second-order valence-electron chi connectivity index (χ2n) is 3.99. The van der Waals surface area contributed by atoms with E-state index in [1.165, 1.54) is 32.2 Å². The number of hydrogen-bond acceptors (Lipinski definition) is 1. The van der Waals surface area contributed by atoms with Gasteiger partial charge >= 0.3 is 0 Å². The Bertz CT molecular complexity index is 104. The fraction of sp³-hybridized carbons (Fsp3) is 1.00. The Morgan fingerprint density at radius 1 is 1.08 bits per heavy atom. The van der Waals surface area contributed by atoms with E-state index in [9.17, 15) is 0 Å². The average molecular weight is 185 g/mol. The van der Waals surface area contributed by atoms with Gasteiger partial charge in [0, 0.05) is 6.04 Å². The third-order valence-electron chi connectivity index (χ3n) is 3.11. The summed E-state index contributed by atoms with van der Waals surface area (Å²) in [6.07, 6.45) is 5.72. The van der Waals surface area contributed by atoms with Gasteiger partial charge in [-0.05, 0) is 45.2 Å². The number of rotatable bonds is 2. The molecule has 1 aliphatic rings. The highest BCUT2D eigenvalue weighted by Gasteiger charge is 2.20. The summed E-state index contributed by atoms with van der Waals surface area (Å²) in [6, 6.07) is 0.885. The average Bonchev–Trinajstić information content (AvgIpc) is 2.21. The highest BCUT2D eigenvalue weighted by Crippen LogP contribution is 2.25. The molecular formula is C12H27N. The van der Waals surface area contributed by atoms with Crippen LogP contribution in [0.15, 0.2) is 0 Å². The topological polar surface area (TPSA) is 3.24 Å². The molecule has 0 heterocycles. The fourth-order valence-electron chi connectivity index (χ4n) is 1.94. The van der Waals surface area contributed by atoms with Crippen LogP contribution in [0.1, 0.15) is 53.4 Å². The van der Waals surface area contributed by atoms with E-state index < -0.39 is 0 Å². The lowest BCUT2D eigenvalue weighted by Gasteiger charge is -2.32. The van der Waals surface area contributed by atoms with Gasteiger partial charge in [0.2, 0.25) is 0 Å². The molecule has 0 unspecified atom stereocenters. The first-order valence-corrected chi connectivity index (χ1v) is 5.94. The molecule has 1 rings (SSSR count). The second-order valence-corrected chi connectivity index (χ2v) is 3.99. The molecule has 0 spiro atoms. The van der Waals surface area contributed by atoms with Crippen LogP contribution < -0.4 is 0 Å². The van der Waals surface area contributed by atoms with Crippen molar-refractivity contribution in [1.29, 1.82) is 0 Å².